The van der Waals surface area contributed by atoms with Gasteiger partial charge in [0.15, 0.2) is 0 Å². The topological polar surface area (TPSA) is 41.6 Å². The highest BCUT2D eigenvalue weighted by atomic mass is 32.1. The summed E-state index contributed by atoms with van der Waals surface area (Å²) in [7, 11) is 0. The summed E-state index contributed by atoms with van der Waals surface area (Å²) in [6.07, 6.45) is 4.13. The third-order valence-corrected chi connectivity index (χ3v) is 5.22. The minimum atomic E-state index is 0.674. The van der Waals surface area contributed by atoms with Gasteiger partial charge in [-0.1, -0.05) is 12.1 Å². The Balaban J connectivity index is 2.06. The van der Waals surface area contributed by atoms with Crippen molar-refractivity contribution < 1.29 is 0 Å². The molecule has 0 fully saturated rings. The highest BCUT2D eigenvalue weighted by molar-refractivity contribution is 7.22. The molecule has 0 saturated carbocycles. The highest BCUT2D eigenvalue weighted by Gasteiger charge is 2.18. The fourth-order valence-corrected chi connectivity index (χ4v) is 4.35. The molecule has 0 spiro atoms. The van der Waals surface area contributed by atoms with Crippen molar-refractivity contribution in [3.05, 3.63) is 71.7 Å². The second-order valence-corrected chi connectivity index (χ2v) is 6.82. The first-order chi connectivity index (χ1) is 11.7. The fourth-order valence-electron chi connectivity index (χ4n) is 3.04. The summed E-state index contributed by atoms with van der Waals surface area (Å²) in [4.78, 5) is 6.96. The second kappa shape index (κ2) is 5.63. The van der Waals surface area contributed by atoms with E-state index in [1.807, 2.05) is 43.3 Å². The SMILES string of the molecule is Cc1cc(C)c2c(-n3cccc3)c(-c3ccc(C#N)cc3)sc2n1. The number of fused-ring (bicyclic) bond motifs is 1. The summed E-state index contributed by atoms with van der Waals surface area (Å²) in [6.45, 7) is 4.17. The van der Waals surface area contributed by atoms with E-state index in [2.05, 4.69) is 36.0 Å². The average Bonchev–Trinajstić information content (AvgIpc) is 3.21. The van der Waals surface area contributed by atoms with E-state index in [1.165, 1.54) is 15.8 Å². The molecule has 3 heterocycles. The van der Waals surface area contributed by atoms with Crippen molar-refractivity contribution in [2.75, 3.05) is 0 Å². The third-order valence-electron chi connectivity index (χ3n) is 4.10. The van der Waals surface area contributed by atoms with E-state index >= 15 is 0 Å². The van der Waals surface area contributed by atoms with E-state index in [0.717, 1.165) is 21.8 Å². The van der Waals surface area contributed by atoms with Crippen LogP contribution in [0.5, 0.6) is 0 Å². The van der Waals surface area contributed by atoms with Crippen LogP contribution in [0.4, 0.5) is 0 Å². The van der Waals surface area contributed by atoms with E-state index in [4.69, 9.17) is 10.2 Å². The molecule has 24 heavy (non-hydrogen) atoms. The number of aromatic nitrogens is 2. The lowest BCUT2D eigenvalue weighted by Crippen LogP contribution is -1.93. The molecule has 0 radical (unpaired) electrons. The average molecular weight is 329 g/mol. The van der Waals surface area contributed by atoms with Crippen LogP contribution in [-0.4, -0.2) is 9.55 Å². The maximum Gasteiger partial charge on any atom is 0.126 e. The van der Waals surface area contributed by atoms with Crippen molar-refractivity contribution in [1.29, 1.82) is 5.26 Å². The number of thiophene rings is 1. The van der Waals surface area contributed by atoms with Gasteiger partial charge < -0.3 is 4.57 Å². The number of pyridine rings is 1. The zero-order valence-electron chi connectivity index (χ0n) is 13.4. The lowest BCUT2D eigenvalue weighted by molar-refractivity contribution is 1.10. The van der Waals surface area contributed by atoms with Gasteiger partial charge in [0.1, 0.15) is 4.83 Å². The van der Waals surface area contributed by atoms with Crippen molar-refractivity contribution in [1.82, 2.24) is 9.55 Å². The van der Waals surface area contributed by atoms with Gasteiger partial charge in [-0.25, -0.2) is 4.98 Å². The Bertz CT molecular complexity index is 1060. The quantitative estimate of drug-likeness (QED) is 0.504. The minimum absolute atomic E-state index is 0.674. The summed E-state index contributed by atoms with van der Waals surface area (Å²) in [6, 6.07) is 16.1. The van der Waals surface area contributed by atoms with E-state index in [0.29, 0.717) is 5.56 Å². The first-order valence-corrected chi connectivity index (χ1v) is 8.53. The Hall–Kier alpha value is -2.90. The van der Waals surface area contributed by atoms with Gasteiger partial charge in [-0.15, -0.1) is 11.3 Å². The molecular weight excluding hydrogens is 314 g/mol. The predicted octanol–water partition coefficient (Wildman–Crippen LogP) is 5.24. The van der Waals surface area contributed by atoms with Crippen molar-refractivity contribution >= 4 is 21.6 Å². The van der Waals surface area contributed by atoms with Crippen LogP contribution in [0.15, 0.2) is 54.9 Å². The fraction of sp³-hybridized carbons (Fsp3) is 0.100. The van der Waals surface area contributed by atoms with E-state index < -0.39 is 0 Å². The summed E-state index contributed by atoms with van der Waals surface area (Å²) in [5.41, 5.74) is 5.21. The molecule has 1 aromatic carbocycles. The van der Waals surface area contributed by atoms with Gasteiger partial charge in [0, 0.05) is 23.5 Å². The Morgan fingerprint density at radius 1 is 1.08 bits per heavy atom. The van der Waals surface area contributed by atoms with Gasteiger partial charge >= 0.3 is 0 Å². The van der Waals surface area contributed by atoms with Gasteiger partial charge in [0.05, 0.1) is 22.2 Å². The maximum atomic E-state index is 9.02. The van der Waals surface area contributed by atoms with Crippen molar-refractivity contribution in [3.63, 3.8) is 0 Å². The maximum absolute atomic E-state index is 9.02. The summed E-state index contributed by atoms with van der Waals surface area (Å²) in [5.74, 6) is 0. The van der Waals surface area contributed by atoms with Crippen LogP contribution in [0.1, 0.15) is 16.8 Å². The third kappa shape index (κ3) is 2.31. The molecule has 0 bridgehead atoms. The molecular formula is C20H15N3S. The normalized spacial score (nSPS) is 10.9. The summed E-state index contributed by atoms with van der Waals surface area (Å²) in [5, 5.41) is 10.2. The Kier molecular flexibility index (Phi) is 3.44. The largest absolute Gasteiger partial charge is 0.322 e. The number of rotatable bonds is 2. The van der Waals surface area contributed by atoms with Crippen molar-refractivity contribution in [2.45, 2.75) is 13.8 Å². The highest BCUT2D eigenvalue weighted by Crippen LogP contribution is 2.42. The lowest BCUT2D eigenvalue weighted by atomic mass is 10.1. The van der Waals surface area contributed by atoms with Crippen molar-refractivity contribution in [3.8, 4) is 22.2 Å². The number of nitriles is 1. The second-order valence-electron chi connectivity index (χ2n) is 5.82. The molecule has 4 aromatic rings. The smallest absolute Gasteiger partial charge is 0.126 e. The molecule has 0 saturated heterocycles. The van der Waals surface area contributed by atoms with Gasteiger partial charge in [-0.05, 0) is 55.3 Å². The van der Waals surface area contributed by atoms with E-state index in [1.54, 1.807) is 11.3 Å². The van der Waals surface area contributed by atoms with Gasteiger partial charge in [-0.3, -0.25) is 0 Å². The lowest BCUT2D eigenvalue weighted by Gasteiger charge is -2.08. The molecule has 0 aliphatic heterocycles. The van der Waals surface area contributed by atoms with E-state index in [9.17, 15) is 0 Å². The summed E-state index contributed by atoms with van der Waals surface area (Å²) < 4.78 is 2.15. The minimum Gasteiger partial charge on any atom is -0.322 e. The molecule has 0 aliphatic carbocycles. The van der Waals surface area contributed by atoms with Crippen LogP contribution in [0.3, 0.4) is 0 Å². The Morgan fingerprint density at radius 3 is 2.46 bits per heavy atom. The van der Waals surface area contributed by atoms with Crippen LogP contribution in [0.25, 0.3) is 26.3 Å². The molecule has 3 aromatic heterocycles. The first-order valence-electron chi connectivity index (χ1n) is 7.72. The molecule has 116 valence electrons. The molecule has 0 N–H and O–H groups in total. The van der Waals surface area contributed by atoms with Crippen LogP contribution in [0.2, 0.25) is 0 Å². The molecule has 0 amide bonds. The first kappa shape index (κ1) is 14.7. The van der Waals surface area contributed by atoms with Gasteiger partial charge in [-0.2, -0.15) is 5.26 Å². The number of hydrogen-bond donors (Lipinski definition) is 0. The van der Waals surface area contributed by atoms with Crippen molar-refractivity contribution in [2.24, 2.45) is 0 Å². The van der Waals surface area contributed by atoms with Gasteiger partial charge in [0.2, 0.25) is 0 Å². The molecule has 4 heteroatoms. The molecule has 0 atom stereocenters. The summed E-state index contributed by atoms with van der Waals surface area (Å²) >= 11 is 1.70. The zero-order valence-corrected chi connectivity index (χ0v) is 14.3. The van der Waals surface area contributed by atoms with Crippen LogP contribution >= 0.6 is 11.3 Å². The number of benzene rings is 1. The monoisotopic (exact) mass is 329 g/mol. The number of aryl methyl sites for hydroxylation is 2. The molecule has 4 rings (SSSR count). The van der Waals surface area contributed by atoms with E-state index in [-0.39, 0.29) is 0 Å². The van der Waals surface area contributed by atoms with Crippen LogP contribution in [0, 0.1) is 25.2 Å². The van der Waals surface area contributed by atoms with Crippen LogP contribution < -0.4 is 0 Å². The standard InChI is InChI=1S/C20H15N3S/c1-13-11-14(2)22-20-17(13)18(23-9-3-4-10-23)19(24-20)16-7-5-15(12-21)6-8-16/h3-11H,1-2H3. The molecule has 0 unspecified atom stereocenters. The molecule has 3 nitrogen and oxygen atoms in total. The molecule has 0 aliphatic rings. The number of nitrogens with zero attached hydrogens (tertiary/aromatic N) is 3. The number of hydrogen-bond acceptors (Lipinski definition) is 3. The zero-order chi connectivity index (χ0) is 16.7. The predicted molar refractivity (Wildman–Crippen MR) is 98.6 cm³/mol. The Labute approximate surface area is 144 Å². The van der Waals surface area contributed by atoms with Gasteiger partial charge in [0.25, 0.3) is 0 Å². The Morgan fingerprint density at radius 2 is 1.79 bits per heavy atom. The van der Waals surface area contributed by atoms with Crippen LogP contribution in [-0.2, 0) is 0 Å².